The average molecular weight is 284 g/mol. The molecule has 0 aromatic heterocycles. The van der Waals surface area contributed by atoms with Gasteiger partial charge < -0.3 is 5.11 Å². The fourth-order valence-electron chi connectivity index (χ4n) is 2.92. The molecule has 0 heterocycles. The van der Waals surface area contributed by atoms with E-state index in [9.17, 15) is 13.5 Å². The normalized spacial score (nSPS) is 28.9. The summed E-state index contributed by atoms with van der Waals surface area (Å²) in [6.45, 7) is 1.84. The lowest BCUT2D eigenvalue weighted by Crippen LogP contribution is -2.14. The van der Waals surface area contributed by atoms with Crippen molar-refractivity contribution < 1.29 is 18.1 Å². The van der Waals surface area contributed by atoms with E-state index in [4.69, 9.17) is 4.55 Å². The van der Waals surface area contributed by atoms with E-state index in [1.54, 1.807) is 12.1 Å². The highest BCUT2D eigenvalue weighted by molar-refractivity contribution is 7.85. The molecule has 0 spiro atoms. The summed E-state index contributed by atoms with van der Waals surface area (Å²) in [4.78, 5) is -0.0666. The van der Waals surface area contributed by atoms with Crippen LogP contribution in [0.25, 0.3) is 0 Å². The number of aryl methyl sites for hydroxylation is 1. The molecule has 3 rings (SSSR count). The zero-order valence-corrected chi connectivity index (χ0v) is 11.8. The van der Waals surface area contributed by atoms with E-state index in [1.165, 1.54) is 31.4 Å². The molecule has 0 aliphatic heterocycles. The summed E-state index contributed by atoms with van der Waals surface area (Å²) in [7, 11) is -4.02. The zero-order valence-electron chi connectivity index (χ0n) is 11.0. The lowest BCUT2D eigenvalue weighted by Gasteiger charge is -2.14. The van der Waals surface area contributed by atoms with Crippen LogP contribution in [0.2, 0.25) is 0 Å². The van der Waals surface area contributed by atoms with Crippen molar-refractivity contribution in [2.75, 3.05) is 0 Å². The van der Waals surface area contributed by atoms with Gasteiger partial charge in [-0.3, -0.25) is 4.55 Å². The van der Waals surface area contributed by atoms with Crippen LogP contribution in [0.4, 0.5) is 0 Å². The second-order valence-corrected chi connectivity index (χ2v) is 6.95. The molecule has 3 unspecified atom stereocenters. The van der Waals surface area contributed by atoms with E-state index in [2.05, 4.69) is 0 Å². The third kappa shape index (κ3) is 3.78. The first-order chi connectivity index (χ1) is 8.86. The van der Waals surface area contributed by atoms with Gasteiger partial charge in [-0.05, 0) is 56.6 Å². The molecule has 0 saturated heterocycles. The van der Waals surface area contributed by atoms with Crippen LogP contribution in [-0.2, 0) is 10.1 Å². The Morgan fingerprint density at radius 1 is 1.11 bits per heavy atom. The molecular weight excluding hydrogens is 264 g/mol. The van der Waals surface area contributed by atoms with Crippen molar-refractivity contribution in [3.8, 4) is 0 Å². The number of fused-ring (bicyclic) bond motifs is 2. The molecule has 2 aliphatic rings. The summed E-state index contributed by atoms with van der Waals surface area (Å²) in [6, 6.07) is 5.99. The first-order valence-corrected chi connectivity index (χ1v) is 8.02. The highest BCUT2D eigenvalue weighted by Crippen LogP contribution is 2.44. The van der Waals surface area contributed by atoms with Gasteiger partial charge >= 0.3 is 0 Å². The van der Waals surface area contributed by atoms with Gasteiger partial charge in [-0.1, -0.05) is 17.7 Å². The Balaban J connectivity index is 0.000000146. The largest absolute Gasteiger partial charge is 0.393 e. The van der Waals surface area contributed by atoms with Crippen LogP contribution in [0.1, 0.15) is 31.2 Å². The fourth-order valence-corrected chi connectivity index (χ4v) is 3.40. The SMILES string of the molecule is Cc1ccc(S(=O)(=O)O)cc1.OC1CC2CCC1C2. The van der Waals surface area contributed by atoms with E-state index in [0.717, 1.165) is 17.9 Å². The Morgan fingerprint density at radius 3 is 2.05 bits per heavy atom. The Hall–Kier alpha value is -0.910. The van der Waals surface area contributed by atoms with E-state index in [0.29, 0.717) is 5.92 Å². The average Bonchev–Trinajstić information content (AvgIpc) is 2.90. The lowest BCUT2D eigenvalue weighted by molar-refractivity contribution is 0.113. The molecule has 4 nitrogen and oxygen atoms in total. The molecule has 5 heteroatoms. The van der Waals surface area contributed by atoms with Crippen LogP contribution in [0.15, 0.2) is 29.2 Å². The monoisotopic (exact) mass is 284 g/mol. The van der Waals surface area contributed by atoms with Gasteiger partial charge in [0.2, 0.25) is 0 Å². The van der Waals surface area contributed by atoms with Crippen molar-refractivity contribution in [1.29, 1.82) is 0 Å². The fraction of sp³-hybridized carbons (Fsp3) is 0.571. The van der Waals surface area contributed by atoms with E-state index >= 15 is 0 Å². The second kappa shape index (κ2) is 5.61. The van der Waals surface area contributed by atoms with E-state index in [-0.39, 0.29) is 11.0 Å². The quantitative estimate of drug-likeness (QED) is 0.777. The maximum atomic E-state index is 10.5. The second-order valence-electron chi connectivity index (χ2n) is 5.53. The first-order valence-electron chi connectivity index (χ1n) is 6.58. The summed E-state index contributed by atoms with van der Waals surface area (Å²) in [6.07, 6.45) is 5.19. The molecule has 2 aliphatic carbocycles. The molecule has 2 N–H and O–H groups in total. The van der Waals surface area contributed by atoms with E-state index in [1.807, 2.05) is 6.92 Å². The molecule has 1 aromatic carbocycles. The van der Waals surface area contributed by atoms with Gasteiger partial charge in [0.05, 0.1) is 11.0 Å². The van der Waals surface area contributed by atoms with Crippen LogP contribution < -0.4 is 0 Å². The molecule has 3 atom stereocenters. The van der Waals surface area contributed by atoms with E-state index < -0.39 is 10.1 Å². The van der Waals surface area contributed by atoms with Crippen LogP contribution in [-0.4, -0.2) is 24.2 Å². The summed E-state index contributed by atoms with van der Waals surface area (Å²) < 4.78 is 29.6. The molecule has 0 radical (unpaired) electrons. The third-order valence-electron chi connectivity index (χ3n) is 4.02. The molecule has 2 fully saturated rings. The summed E-state index contributed by atoms with van der Waals surface area (Å²) >= 11 is 0. The standard InChI is InChI=1S/C7H8O3S.C7H12O/c1-6-2-4-7(5-3-6)11(8,9)10;8-7-4-5-1-2-6(7)3-5/h2-5H,1H3,(H,8,9,10);5-8H,1-4H2. The summed E-state index contributed by atoms with van der Waals surface area (Å²) in [5, 5.41) is 9.22. The minimum atomic E-state index is -4.02. The number of aliphatic hydroxyl groups excluding tert-OH is 1. The lowest BCUT2D eigenvalue weighted by atomic mass is 9.98. The summed E-state index contributed by atoms with van der Waals surface area (Å²) in [5.74, 6) is 1.59. The zero-order chi connectivity index (χ0) is 14.0. The van der Waals surface area contributed by atoms with Crippen LogP contribution >= 0.6 is 0 Å². The Labute approximate surface area is 114 Å². The minimum Gasteiger partial charge on any atom is -0.393 e. The predicted octanol–water partition coefficient (Wildman–Crippen LogP) is 2.41. The number of aliphatic hydroxyl groups is 1. The maximum absolute atomic E-state index is 10.5. The number of hydrogen-bond acceptors (Lipinski definition) is 3. The topological polar surface area (TPSA) is 74.6 Å². The molecular formula is C14H20O4S. The predicted molar refractivity (Wildman–Crippen MR) is 72.4 cm³/mol. The Bertz CT molecular complexity index is 519. The Morgan fingerprint density at radius 2 is 1.74 bits per heavy atom. The molecule has 1 aromatic rings. The van der Waals surface area contributed by atoms with Crippen molar-refractivity contribution in [2.45, 2.75) is 43.6 Å². The van der Waals surface area contributed by atoms with Gasteiger partial charge in [0.25, 0.3) is 10.1 Å². The first kappa shape index (κ1) is 14.5. The maximum Gasteiger partial charge on any atom is 0.294 e. The molecule has 2 bridgehead atoms. The summed E-state index contributed by atoms with van der Waals surface area (Å²) in [5.41, 5.74) is 0.956. The number of hydrogen-bond donors (Lipinski definition) is 2. The molecule has 0 amide bonds. The van der Waals surface area contributed by atoms with Gasteiger partial charge in [0, 0.05) is 0 Å². The third-order valence-corrected chi connectivity index (χ3v) is 4.89. The van der Waals surface area contributed by atoms with Crippen molar-refractivity contribution in [2.24, 2.45) is 11.8 Å². The number of benzene rings is 1. The van der Waals surface area contributed by atoms with Crippen molar-refractivity contribution in [1.82, 2.24) is 0 Å². The van der Waals surface area contributed by atoms with Gasteiger partial charge in [-0.15, -0.1) is 0 Å². The van der Waals surface area contributed by atoms with Crippen LogP contribution in [0, 0.1) is 18.8 Å². The van der Waals surface area contributed by atoms with Crippen molar-refractivity contribution in [3.05, 3.63) is 29.8 Å². The highest BCUT2D eigenvalue weighted by Gasteiger charge is 2.38. The number of rotatable bonds is 1. The van der Waals surface area contributed by atoms with Crippen molar-refractivity contribution >= 4 is 10.1 Å². The Kier molecular flexibility index (Phi) is 4.28. The minimum absolute atomic E-state index is 0.0666. The van der Waals surface area contributed by atoms with Gasteiger partial charge in [-0.2, -0.15) is 8.42 Å². The van der Waals surface area contributed by atoms with Crippen LogP contribution in [0.3, 0.4) is 0 Å². The van der Waals surface area contributed by atoms with Gasteiger partial charge in [0.1, 0.15) is 0 Å². The van der Waals surface area contributed by atoms with Crippen LogP contribution in [0.5, 0.6) is 0 Å². The highest BCUT2D eigenvalue weighted by atomic mass is 32.2. The van der Waals surface area contributed by atoms with Gasteiger partial charge in [-0.25, -0.2) is 0 Å². The van der Waals surface area contributed by atoms with Crippen molar-refractivity contribution in [3.63, 3.8) is 0 Å². The smallest absolute Gasteiger partial charge is 0.294 e. The molecule has 2 saturated carbocycles. The van der Waals surface area contributed by atoms with Gasteiger partial charge in [0.15, 0.2) is 0 Å². The molecule has 106 valence electrons. The molecule has 19 heavy (non-hydrogen) atoms.